The van der Waals surface area contributed by atoms with E-state index in [4.69, 9.17) is 9.47 Å². The zero-order valence-electron chi connectivity index (χ0n) is 23.1. The fraction of sp³-hybridized carbons (Fsp3) is 0.464. The van der Waals surface area contributed by atoms with E-state index in [-0.39, 0.29) is 22.9 Å². The van der Waals surface area contributed by atoms with Gasteiger partial charge in [-0.05, 0) is 44.5 Å². The molecule has 40 heavy (non-hydrogen) atoms. The summed E-state index contributed by atoms with van der Waals surface area (Å²) in [4.78, 5) is 35.2. The highest BCUT2D eigenvalue weighted by Gasteiger charge is 2.32. The molecule has 2 aromatic carbocycles. The van der Waals surface area contributed by atoms with Gasteiger partial charge in [-0.15, -0.1) is 0 Å². The Balaban J connectivity index is 1.53. The first-order valence-corrected chi connectivity index (χ1v) is 13.4. The Labute approximate surface area is 231 Å². The molecule has 2 aliphatic rings. The number of fused-ring (bicyclic) bond motifs is 1. The molecule has 2 atom stereocenters. The summed E-state index contributed by atoms with van der Waals surface area (Å²) >= 11 is 0. The summed E-state index contributed by atoms with van der Waals surface area (Å²) in [5.74, 6) is -0.587. The van der Waals surface area contributed by atoms with Gasteiger partial charge in [-0.1, -0.05) is 0 Å². The first-order chi connectivity index (χ1) is 19.2. The van der Waals surface area contributed by atoms with E-state index in [1.165, 1.54) is 4.68 Å². The van der Waals surface area contributed by atoms with Crippen LogP contribution < -0.4 is 30.3 Å². The molecule has 1 aromatic heterocycles. The van der Waals surface area contributed by atoms with Crippen molar-refractivity contribution in [2.45, 2.75) is 31.8 Å². The normalized spacial score (nSPS) is 18.2. The lowest BCUT2D eigenvalue weighted by atomic mass is 10.1. The maximum atomic E-state index is 14.2. The third-order valence-electron chi connectivity index (χ3n) is 7.84. The number of aromatic nitrogens is 2. The summed E-state index contributed by atoms with van der Waals surface area (Å²) in [6.07, 6.45) is 1.79. The summed E-state index contributed by atoms with van der Waals surface area (Å²) in [5, 5.41) is 5.05. The molecule has 3 heterocycles. The first-order valence-electron chi connectivity index (χ1n) is 13.4. The third kappa shape index (κ3) is 5.03. The number of piperazine rings is 1. The van der Waals surface area contributed by atoms with Crippen LogP contribution in [0.4, 0.5) is 14.5 Å². The topological polar surface area (TPSA) is 92.2 Å². The van der Waals surface area contributed by atoms with Crippen LogP contribution in [0.5, 0.6) is 11.5 Å². The number of nitrogens with one attached hydrogen (secondary N) is 1. The SMILES string of the molecule is COc1ccc(N(C)C(C)c2nc3cc(F)c(F)cc3c(=O)n2N2CCN(C(=O)C3CCCN3)CC2)c(OC)c1. The van der Waals surface area contributed by atoms with Crippen molar-refractivity contribution in [1.29, 1.82) is 0 Å². The van der Waals surface area contributed by atoms with E-state index in [9.17, 15) is 18.4 Å². The quantitative estimate of drug-likeness (QED) is 0.475. The lowest BCUT2D eigenvalue weighted by molar-refractivity contribution is -0.133. The Morgan fingerprint density at radius 2 is 1.82 bits per heavy atom. The molecular weight excluding hydrogens is 522 g/mol. The largest absolute Gasteiger partial charge is 0.497 e. The number of carbonyl (C=O) groups is 1. The van der Waals surface area contributed by atoms with E-state index in [2.05, 4.69) is 10.3 Å². The van der Waals surface area contributed by atoms with Gasteiger partial charge in [0, 0.05) is 32.3 Å². The summed E-state index contributed by atoms with van der Waals surface area (Å²) < 4.78 is 40.7. The van der Waals surface area contributed by atoms with E-state index < -0.39 is 23.2 Å². The number of benzene rings is 2. The second-order valence-corrected chi connectivity index (χ2v) is 10.1. The summed E-state index contributed by atoms with van der Waals surface area (Å²) in [6.45, 7) is 4.32. The highest BCUT2D eigenvalue weighted by Crippen LogP contribution is 2.35. The van der Waals surface area contributed by atoms with Crippen molar-refractivity contribution in [1.82, 2.24) is 19.9 Å². The van der Waals surface area contributed by atoms with Crippen molar-refractivity contribution in [3.05, 3.63) is 58.1 Å². The Morgan fingerprint density at radius 3 is 2.48 bits per heavy atom. The van der Waals surface area contributed by atoms with Gasteiger partial charge in [-0.25, -0.2) is 18.4 Å². The molecule has 5 rings (SSSR count). The van der Waals surface area contributed by atoms with Crippen molar-refractivity contribution in [2.24, 2.45) is 0 Å². The molecule has 3 aromatic rings. The Hall–Kier alpha value is -3.93. The van der Waals surface area contributed by atoms with Gasteiger partial charge in [-0.2, -0.15) is 0 Å². The molecule has 2 fully saturated rings. The molecule has 0 saturated carbocycles. The molecule has 2 saturated heterocycles. The third-order valence-corrected chi connectivity index (χ3v) is 7.84. The lowest BCUT2D eigenvalue weighted by Gasteiger charge is -2.39. The molecule has 0 radical (unpaired) electrons. The molecule has 1 N–H and O–H groups in total. The van der Waals surface area contributed by atoms with Crippen molar-refractivity contribution in [2.75, 3.05) is 63.9 Å². The minimum Gasteiger partial charge on any atom is -0.497 e. The molecule has 214 valence electrons. The van der Waals surface area contributed by atoms with Crippen LogP contribution in [-0.2, 0) is 4.79 Å². The highest BCUT2D eigenvalue weighted by atomic mass is 19.2. The molecule has 0 bridgehead atoms. The molecule has 1 amide bonds. The number of hydrogen-bond donors (Lipinski definition) is 1. The van der Waals surface area contributed by atoms with Crippen molar-refractivity contribution >= 4 is 22.5 Å². The van der Waals surface area contributed by atoms with E-state index >= 15 is 0 Å². The van der Waals surface area contributed by atoms with Gasteiger partial charge < -0.3 is 29.6 Å². The number of anilines is 1. The summed E-state index contributed by atoms with van der Waals surface area (Å²) in [7, 11) is 4.96. The Morgan fingerprint density at radius 1 is 1.10 bits per heavy atom. The molecular formula is C28H34F2N6O4. The predicted molar refractivity (Wildman–Crippen MR) is 148 cm³/mol. The number of hydrogen-bond acceptors (Lipinski definition) is 8. The van der Waals surface area contributed by atoms with Gasteiger partial charge in [0.2, 0.25) is 5.91 Å². The van der Waals surface area contributed by atoms with Crippen LogP contribution >= 0.6 is 0 Å². The van der Waals surface area contributed by atoms with Gasteiger partial charge in [0.1, 0.15) is 11.5 Å². The number of halogens is 2. The monoisotopic (exact) mass is 556 g/mol. The smallest absolute Gasteiger partial charge is 0.280 e. The average Bonchev–Trinajstić information content (AvgIpc) is 3.52. The van der Waals surface area contributed by atoms with Crippen LogP contribution in [0.3, 0.4) is 0 Å². The van der Waals surface area contributed by atoms with E-state index in [1.807, 2.05) is 34.8 Å². The van der Waals surface area contributed by atoms with E-state index in [1.54, 1.807) is 26.4 Å². The molecule has 0 spiro atoms. The minimum atomic E-state index is -1.11. The second kappa shape index (κ2) is 11.3. The Kier molecular flexibility index (Phi) is 7.79. The van der Waals surface area contributed by atoms with Crippen LogP contribution in [0.25, 0.3) is 10.9 Å². The molecule has 0 aliphatic carbocycles. The van der Waals surface area contributed by atoms with Crippen LogP contribution in [-0.4, -0.2) is 80.5 Å². The Bertz CT molecular complexity index is 1470. The standard InChI is InChI=1S/C28H34F2N6O4/c1-17(33(2)24-8-7-18(39-3)14-25(24)40-4)26-32-23-16-21(30)20(29)15-19(23)27(37)36(26)35-12-10-34(11-13-35)28(38)22-6-5-9-31-22/h7-8,14-17,22,31H,5-6,9-13H2,1-4H3. The average molecular weight is 557 g/mol. The van der Waals surface area contributed by atoms with E-state index in [0.29, 0.717) is 43.5 Å². The maximum absolute atomic E-state index is 14.2. The fourth-order valence-corrected chi connectivity index (χ4v) is 5.42. The number of carbonyl (C=O) groups excluding carboxylic acids is 1. The van der Waals surface area contributed by atoms with Gasteiger partial charge in [0.25, 0.3) is 5.56 Å². The molecule has 10 nitrogen and oxygen atoms in total. The maximum Gasteiger partial charge on any atom is 0.280 e. The lowest BCUT2D eigenvalue weighted by Crippen LogP contribution is -2.58. The first kappa shape index (κ1) is 27.6. The number of amides is 1. The minimum absolute atomic E-state index is 0.0202. The van der Waals surface area contributed by atoms with Crippen molar-refractivity contribution in [3.63, 3.8) is 0 Å². The summed E-state index contributed by atoms with van der Waals surface area (Å²) in [5.41, 5.74) is 0.290. The number of rotatable bonds is 7. The molecule has 2 unspecified atom stereocenters. The number of ether oxygens (including phenoxy) is 2. The van der Waals surface area contributed by atoms with Gasteiger partial charge >= 0.3 is 0 Å². The van der Waals surface area contributed by atoms with Crippen LogP contribution in [0.1, 0.15) is 31.6 Å². The molecule has 2 aliphatic heterocycles. The van der Waals surface area contributed by atoms with Gasteiger partial charge in [0.05, 0.1) is 56.0 Å². The van der Waals surface area contributed by atoms with Crippen LogP contribution in [0.2, 0.25) is 0 Å². The molecule has 12 heteroatoms. The van der Waals surface area contributed by atoms with Crippen LogP contribution in [0.15, 0.2) is 35.1 Å². The highest BCUT2D eigenvalue weighted by molar-refractivity contribution is 5.82. The van der Waals surface area contributed by atoms with E-state index in [0.717, 1.165) is 37.2 Å². The van der Waals surface area contributed by atoms with Crippen molar-refractivity contribution in [3.8, 4) is 11.5 Å². The fourth-order valence-electron chi connectivity index (χ4n) is 5.42. The number of methoxy groups -OCH3 is 2. The second-order valence-electron chi connectivity index (χ2n) is 10.1. The summed E-state index contributed by atoms with van der Waals surface area (Å²) in [6, 6.07) is 6.59. The van der Waals surface area contributed by atoms with Gasteiger partial charge in [0.15, 0.2) is 17.5 Å². The van der Waals surface area contributed by atoms with Crippen LogP contribution in [0, 0.1) is 11.6 Å². The predicted octanol–water partition coefficient (Wildman–Crippen LogP) is 2.42. The van der Waals surface area contributed by atoms with Crippen molar-refractivity contribution < 1.29 is 23.0 Å². The van der Waals surface area contributed by atoms with Gasteiger partial charge in [-0.3, -0.25) is 9.59 Å². The zero-order chi connectivity index (χ0) is 28.6. The zero-order valence-corrected chi connectivity index (χ0v) is 23.1. The number of nitrogens with zero attached hydrogens (tertiary/aromatic N) is 5.